The van der Waals surface area contributed by atoms with Crippen molar-refractivity contribution in [3.05, 3.63) is 28.0 Å². The number of aromatic amines is 1. The molecule has 5 heteroatoms. The number of aromatic nitrogens is 2. The van der Waals surface area contributed by atoms with E-state index in [1.165, 1.54) is 7.11 Å². The highest BCUT2D eigenvalue weighted by atomic mass is 79.9. The van der Waals surface area contributed by atoms with Crippen LogP contribution >= 0.6 is 15.9 Å². The molecular weight excluding hydrogens is 260 g/mol. The third kappa shape index (κ3) is 1.52. The summed E-state index contributed by atoms with van der Waals surface area (Å²) in [5.74, 6) is -0.380. The molecular formula is C10H9BrN2O2. The molecule has 0 atom stereocenters. The Kier molecular flexibility index (Phi) is 2.48. The molecule has 0 saturated heterocycles. The van der Waals surface area contributed by atoms with Gasteiger partial charge in [-0.3, -0.25) is 0 Å². The number of halogens is 1. The molecule has 0 bridgehead atoms. The first-order valence-electron chi connectivity index (χ1n) is 4.36. The van der Waals surface area contributed by atoms with Gasteiger partial charge in [-0.1, -0.05) is 0 Å². The van der Waals surface area contributed by atoms with Gasteiger partial charge in [-0.15, -0.1) is 0 Å². The first-order chi connectivity index (χ1) is 7.15. The summed E-state index contributed by atoms with van der Waals surface area (Å²) in [6.45, 7) is 1.87. The van der Waals surface area contributed by atoms with Crippen LogP contribution in [0.3, 0.4) is 0 Å². The molecule has 4 nitrogen and oxygen atoms in total. The Morgan fingerprint density at radius 3 is 3.00 bits per heavy atom. The number of carbonyl (C=O) groups excluding carboxylic acids is 1. The fraction of sp³-hybridized carbons (Fsp3) is 0.200. The summed E-state index contributed by atoms with van der Waals surface area (Å²) in [7, 11) is 1.36. The largest absolute Gasteiger partial charge is 0.465 e. The lowest BCUT2D eigenvalue weighted by Crippen LogP contribution is -2.06. The molecule has 0 fully saturated rings. The number of pyridine rings is 1. The maximum Gasteiger partial charge on any atom is 0.340 e. The van der Waals surface area contributed by atoms with Crippen molar-refractivity contribution >= 4 is 32.9 Å². The van der Waals surface area contributed by atoms with Crippen LogP contribution in [0.4, 0.5) is 0 Å². The molecule has 2 aromatic heterocycles. The van der Waals surface area contributed by atoms with Gasteiger partial charge in [-0.2, -0.15) is 0 Å². The van der Waals surface area contributed by atoms with Gasteiger partial charge in [0.2, 0.25) is 0 Å². The van der Waals surface area contributed by atoms with E-state index in [9.17, 15) is 4.79 Å². The van der Waals surface area contributed by atoms with E-state index in [0.717, 1.165) is 16.6 Å². The second kappa shape index (κ2) is 3.66. The number of H-pyrrole nitrogens is 1. The smallest absolute Gasteiger partial charge is 0.340 e. The number of ether oxygens (including phenoxy) is 1. The molecule has 0 radical (unpaired) electrons. The Hall–Kier alpha value is -1.36. The number of hydrogen-bond donors (Lipinski definition) is 1. The van der Waals surface area contributed by atoms with Crippen LogP contribution in [0.5, 0.6) is 0 Å². The zero-order chi connectivity index (χ0) is 11.0. The van der Waals surface area contributed by atoms with E-state index in [1.54, 1.807) is 6.20 Å². The number of methoxy groups -OCH3 is 1. The highest BCUT2D eigenvalue weighted by molar-refractivity contribution is 9.10. The van der Waals surface area contributed by atoms with Gasteiger partial charge >= 0.3 is 5.97 Å². The zero-order valence-electron chi connectivity index (χ0n) is 8.30. The van der Waals surface area contributed by atoms with Crippen molar-refractivity contribution in [2.75, 3.05) is 7.11 Å². The van der Waals surface area contributed by atoms with Crippen LogP contribution in [0.25, 0.3) is 11.0 Å². The lowest BCUT2D eigenvalue weighted by Gasteiger charge is -2.06. The molecule has 0 aliphatic rings. The topological polar surface area (TPSA) is 55.0 Å². The summed E-state index contributed by atoms with van der Waals surface area (Å²) in [5.41, 5.74) is 2.09. The van der Waals surface area contributed by atoms with Crippen molar-refractivity contribution < 1.29 is 9.53 Å². The van der Waals surface area contributed by atoms with Gasteiger partial charge in [0.1, 0.15) is 10.3 Å². The summed E-state index contributed by atoms with van der Waals surface area (Å²) < 4.78 is 5.21. The average Bonchev–Trinajstić information content (AvgIpc) is 2.65. The predicted octanol–water partition coefficient (Wildman–Crippen LogP) is 2.42. The highest BCUT2D eigenvalue weighted by Crippen LogP contribution is 2.25. The van der Waals surface area contributed by atoms with Crippen molar-refractivity contribution in [1.29, 1.82) is 0 Å². The Morgan fingerprint density at radius 2 is 2.33 bits per heavy atom. The second-order valence-electron chi connectivity index (χ2n) is 3.13. The van der Waals surface area contributed by atoms with Gasteiger partial charge in [0, 0.05) is 11.6 Å². The minimum atomic E-state index is -0.380. The maximum atomic E-state index is 11.5. The number of carbonyl (C=O) groups is 1. The number of rotatable bonds is 1. The Labute approximate surface area is 94.8 Å². The van der Waals surface area contributed by atoms with Crippen LogP contribution in [0, 0.1) is 6.92 Å². The Bertz CT molecular complexity index is 533. The third-order valence-corrected chi connectivity index (χ3v) is 2.88. The number of fused-ring (bicyclic) bond motifs is 1. The fourth-order valence-electron chi connectivity index (χ4n) is 1.54. The van der Waals surface area contributed by atoms with E-state index in [0.29, 0.717) is 10.2 Å². The second-order valence-corrected chi connectivity index (χ2v) is 3.89. The van der Waals surface area contributed by atoms with Gasteiger partial charge < -0.3 is 9.72 Å². The van der Waals surface area contributed by atoms with E-state index in [-0.39, 0.29) is 5.97 Å². The number of nitrogens with zero attached hydrogens (tertiary/aromatic N) is 1. The van der Waals surface area contributed by atoms with E-state index in [4.69, 9.17) is 4.74 Å². The average molecular weight is 269 g/mol. The van der Waals surface area contributed by atoms with E-state index in [2.05, 4.69) is 25.9 Å². The molecule has 1 N–H and O–H groups in total. The molecule has 2 aromatic rings. The molecule has 2 heterocycles. The van der Waals surface area contributed by atoms with E-state index in [1.807, 2.05) is 13.0 Å². The third-order valence-electron chi connectivity index (χ3n) is 2.31. The maximum absolute atomic E-state index is 11.5. The number of aryl methyl sites for hydroxylation is 1. The molecule has 0 spiro atoms. The molecule has 2 rings (SSSR count). The molecule has 0 unspecified atom stereocenters. The molecule has 0 aliphatic carbocycles. The minimum Gasteiger partial charge on any atom is -0.465 e. The van der Waals surface area contributed by atoms with Crippen molar-refractivity contribution in [3.8, 4) is 0 Å². The van der Waals surface area contributed by atoms with Gasteiger partial charge in [0.15, 0.2) is 0 Å². The molecule has 15 heavy (non-hydrogen) atoms. The zero-order valence-corrected chi connectivity index (χ0v) is 9.88. The molecule has 0 saturated carbocycles. The standard InChI is InChI=1S/C10H9BrN2O2/c1-5-6-3-4-12-9(6)13-8(11)7(5)10(14)15-2/h3-4H,1-2H3,(H,12,13). The summed E-state index contributed by atoms with van der Waals surface area (Å²) in [6.07, 6.45) is 1.79. The van der Waals surface area contributed by atoms with Crippen LogP contribution in [0.2, 0.25) is 0 Å². The molecule has 78 valence electrons. The summed E-state index contributed by atoms with van der Waals surface area (Å²) in [4.78, 5) is 18.7. The number of hydrogen-bond acceptors (Lipinski definition) is 3. The fourth-order valence-corrected chi connectivity index (χ4v) is 2.18. The molecule has 0 amide bonds. The van der Waals surface area contributed by atoms with Crippen molar-refractivity contribution in [3.63, 3.8) is 0 Å². The number of esters is 1. The predicted molar refractivity (Wildman–Crippen MR) is 59.9 cm³/mol. The van der Waals surface area contributed by atoms with Gasteiger partial charge in [-0.25, -0.2) is 9.78 Å². The molecule has 0 aliphatic heterocycles. The summed E-state index contributed by atoms with van der Waals surface area (Å²) in [5, 5.41) is 0.929. The molecule has 0 aromatic carbocycles. The van der Waals surface area contributed by atoms with Crippen molar-refractivity contribution in [2.45, 2.75) is 6.92 Å². The number of nitrogens with one attached hydrogen (secondary N) is 1. The minimum absolute atomic E-state index is 0.380. The van der Waals surface area contributed by atoms with Gasteiger partial charge in [0.05, 0.1) is 12.7 Å². The van der Waals surface area contributed by atoms with E-state index >= 15 is 0 Å². The lowest BCUT2D eigenvalue weighted by atomic mass is 10.1. The SMILES string of the molecule is COC(=O)c1c(Br)nc2[nH]ccc2c1C. The first kappa shape index (κ1) is 10.2. The van der Waals surface area contributed by atoms with Crippen molar-refractivity contribution in [2.24, 2.45) is 0 Å². The Balaban J connectivity index is 2.78. The van der Waals surface area contributed by atoms with Crippen molar-refractivity contribution in [1.82, 2.24) is 9.97 Å². The lowest BCUT2D eigenvalue weighted by molar-refractivity contribution is 0.0598. The summed E-state index contributed by atoms with van der Waals surface area (Å²) in [6, 6.07) is 1.89. The van der Waals surface area contributed by atoms with Gasteiger partial charge in [0.25, 0.3) is 0 Å². The van der Waals surface area contributed by atoms with Crippen LogP contribution in [0.1, 0.15) is 15.9 Å². The van der Waals surface area contributed by atoms with Crippen LogP contribution in [-0.2, 0) is 4.74 Å². The Morgan fingerprint density at radius 1 is 1.60 bits per heavy atom. The normalized spacial score (nSPS) is 10.6. The van der Waals surface area contributed by atoms with Crippen LogP contribution < -0.4 is 0 Å². The van der Waals surface area contributed by atoms with Crippen LogP contribution in [-0.4, -0.2) is 23.0 Å². The van der Waals surface area contributed by atoms with Gasteiger partial charge in [-0.05, 0) is 34.5 Å². The van der Waals surface area contributed by atoms with Crippen LogP contribution in [0.15, 0.2) is 16.9 Å². The highest BCUT2D eigenvalue weighted by Gasteiger charge is 2.17. The van der Waals surface area contributed by atoms with E-state index < -0.39 is 0 Å². The quantitative estimate of drug-likeness (QED) is 0.639. The monoisotopic (exact) mass is 268 g/mol. The summed E-state index contributed by atoms with van der Waals surface area (Å²) >= 11 is 3.26. The first-order valence-corrected chi connectivity index (χ1v) is 5.16.